The molecular weight excluding hydrogens is 236 g/mol. The van der Waals surface area contributed by atoms with Crippen molar-refractivity contribution >= 4 is 17.0 Å². The molecule has 0 aromatic heterocycles. The Morgan fingerprint density at radius 3 is 2.00 bits per heavy atom. The van der Waals surface area contributed by atoms with Gasteiger partial charge >= 0.3 is 5.97 Å². The Kier molecular flexibility index (Phi) is 3.67. The van der Waals surface area contributed by atoms with E-state index in [0.29, 0.717) is 10.5 Å². The fourth-order valence-electron chi connectivity index (χ4n) is 1.27. The predicted octanol–water partition coefficient (Wildman–Crippen LogP) is 2.57. The first-order valence-corrected chi connectivity index (χ1v) is 6.09. The molecule has 0 radical (unpaired) electrons. The fraction of sp³-hybridized carbons (Fsp3) is 0. The highest BCUT2D eigenvalue weighted by Crippen LogP contribution is 2.09. The summed E-state index contributed by atoms with van der Waals surface area (Å²) in [5.41, 5.74) is 0.386. The van der Waals surface area contributed by atoms with Crippen LogP contribution in [0.3, 0.4) is 0 Å². The number of benzene rings is 2. The first-order valence-electron chi connectivity index (χ1n) is 5.02. The van der Waals surface area contributed by atoms with Crippen LogP contribution in [0.1, 0.15) is 10.4 Å². The van der Waals surface area contributed by atoms with Crippen LogP contribution in [0.2, 0.25) is 0 Å². The molecule has 2 aromatic carbocycles. The van der Waals surface area contributed by atoms with E-state index in [2.05, 4.69) is 0 Å². The van der Waals surface area contributed by atoms with Gasteiger partial charge < -0.3 is 4.18 Å². The second kappa shape index (κ2) is 5.41. The lowest BCUT2D eigenvalue weighted by molar-refractivity contribution is 0.0757. The molecule has 0 fully saturated rings. The highest BCUT2D eigenvalue weighted by molar-refractivity contribution is 7.80. The van der Waals surface area contributed by atoms with E-state index in [1.54, 1.807) is 60.7 Å². The molecule has 0 heterocycles. The molecule has 2 aromatic rings. The number of carbonyl (C=O) groups excluding carboxylic acids is 1. The predicted molar refractivity (Wildman–Crippen MR) is 64.7 cm³/mol. The summed E-state index contributed by atoms with van der Waals surface area (Å²) in [5.74, 6) is -0.590. The maximum atomic E-state index is 11.7. The van der Waals surface area contributed by atoms with Gasteiger partial charge in [-0.2, -0.15) is 0 Å². The topological polar surface area (TPSA) is 43.4 Å². The molecule has 1 unspecified atom stereocenters. The largest absolute Gasteiger partial charge is 0.356 e. The minimum atomic E-state index is -1.76. The van der Waals surface area contributed by atoms with Crippen LogP contribution < -0.4 is 0 Å². The van der Waals surface area contributed by atoms with E-state index < -0.39 is 17.0 Å². The van der Waals surface area contributed by atoms with Crippen molar-refractivity contribution in [2.45, 2.75) is 4.90 Å². The first kappa shape index (κ1) is 11.5. The van der Waals surface area contributed by atoms with Crippen molar-refractivity contribution in [2.24, 2.45) is 0 Å². The summed E-state index contributed by atoms with van der Waals surface area (Å²) in [7, 11) is 0. The molecule has 0 saturated carbocycles. The Morgan fingerprint density at radius 1 is 0.882 bits per heavy atom. The number of rotatable bonds is 3. The van der Waals surface area contributed by atoms with Crippen molar-refractivity contribution in [1.82, 2.24) is 0 Å². The van der Waals surface area contributed by atoms with Crippen LogP contribution in [-0.4, -0.2) is 10.2 Å². The van der Waals surface area contributed by atoms with Crippen LogP contribution in [0.25, 0.3) is 0 Å². The number of carbonyl (C=O) groups is 1. The van der Waals surface area contributed by atoms with E-state index in [4.69, 9.17) is 4.18 Å². The molecule has 0 spiro atoms. The summed E-state index contributed by atoms with van der Waals surface area (Å²) >= 11 is -1.76. The van der Waals surface area contributed by atoms with Crippen LogP contribution in [0.4, 0.5) is 0 Å². The van der Waals surface area contributed by atoms with Gasteiger partial charge in [-0.05, 0) is 24.3 Å². The molecule has 0 N–H and O–H groups in total. The zero-order valence-corrected chi connectivity index (χ0v) is 9.72. The molecule has 0 amide bonds. The lowest BCUT2D eigenvalue weighted by Crippen LogP contribution is -2.07. The third-order valence-corrected chi connectivity index (χ3v) is 3.06. The molecule has 86 valence electrons. The van der Waals surface area contributed by atoms with Gasteiger partial charge in [-0.15, -0.1) is 0 Å². The highest BCUT2D eigenvalue weighted by Gasteiger charge is 2.12. The SMILES string of the molecule is O=C(OS(=O)c1ccccc1)c1ccccc1. The lowest BCUT2D eigenvalue weighted by atomic mass is 10.2. The van der Waals surface area contributed by atoms with Crippen molar-refractivity contribution in [2.75, 3.05) is 0 Å². The van der Waals surface area contributed by atoms with Gasteiger partial charge in [0.25, 0.3) is 0 Å². The summed E-state index contributed by atoms with van der Waals surface area (Å²) in [6.45, 7) is 0. The molecule has 2 rings (SSSR count). The van der Waals surface area contributed by atoms with Crippen LogP contribution in [0.15, 0.2) is 65.6 Å². The number of hydrogen-bond acceptors (Lipinski definition) is 3. The van der Waals surface area contributed by atoms with Gasteiger partial charge in [0.15, 0.2) is 0 Å². The number of hydrogen-bond donors (Lipinski definition) is 0. The Hall–Kier alpha value is -1.94. The molecule has 4 heteroatoms. The second-order valence-corrected chi connectivity index (χ2v) is 4.39. The zero-order valence-electron chi connectivity index (χ0n) is 8.91. The Morgan fingerprint density at radius 2 is 1.41 bits per heavy atom. The molecular formula is C13H10O3S. The van der Waals surface area contributed by atoms with E-state index in [1.807, 2.05) is 0 Å². The van der Waals surface area contributed by atoms with Crippen molar-refractivity contribution in [3.63, 3.8) is 0 Å². The van der Waals surface area contributed by atoms with E-state index in [1.165, 1.54) is 0 Å². The summed E-state index contributed by atoms with van der Waals surface area (Å²) in [6.07, 6.45) is 0. The van der Waals surface area contributed by atoms with Gasteiger partial charge in [0.1, 0.15) is 0 Å². The van der Waals surface area contributed by atoms with Crippen molar-refractivity contribution in [1.29, 1.82) is 0 Å². The average molecular weight is 246 g/mol. The molecule has 0 saturated heterocycles. The first-order chi connectivity index (χ1) is 8.27. The van der Waals surface area contributed by atoms with Gasteiger partial charge in [-0.3, -0.25) is 0 Å². The summed E-state index contributed by atoms with van der Waals surface area (Å²) in [5, 5.41) is 0. The van der Waals surface area contributed by atoms with E-state index in [0.717, 1.165) is 0 Å². The average Bonchev–Trinajstić information content (AvgIpc) is 2.40. The van der Waals surface area contributed by atoms with Gasteiger partial charge in [-0.1, -0.05) is 36.4 Å². The zero-order chi connectivity index (χ0) is 12.1. The molecule has 17 heavy (non-hydrogen) atoms. The maximum absolute atomic E-state index is 11.7. The lowest BCUT2D eigenvalue weighted by Gasteiger charge is -2.02. The smallest absolute Gasteiger partial charge is 0.352 e. The molecule has 0 bridgehead atoms. The summed E-state index contributed by atoms with van der Waals surface area (Å²) in [4.78, 5) is 12.1. The van der Waals surface area contributed by atoms with Crippen molar-refractivity contribution < 1.29 is 13.2 Å². The Balaban J connectivity index is 2.08. The molecule has 0 aliphatic heterocycles. The van der Waals surface area contributed by atoms with Crippen molar-refractivity contribution in [3.05, 3.63) is 66.2 Å². The Labute approximate surface area is 102 Å². The normalized spacial score (nSPS) is 11.8. The molecule has 0 aliphatic carbocycles. The van der Waals surface area contributed by atoms with Crippen LogP contribution in [0.5, 0.6) is 0 Å². The third kappa shape index (κ3) is 3.01. The summed E-state index contributed by atoms with van der Waals surface area (Å²) < 4.78 is 16.6. The van der Waals surface area contributed by atoms with Gasteiger partial charge in [-0.25, -0.2) is 9.00 Å². The second-order valence-electron chi connectivity index (χ2n) is 3.28. The monoisotopic (exact) mass is 246 g/mol. The quantitative estimate of drug-likeness (QED) is 0.836. The minimum absolute atomic E-state index is 0.386. The van der Waals surface area contributed by atoms with E-state index in [9.17, 15) is 9.00 Å². The fourth-order valence-corrected chi connectivity index (χ4v) is 1.98. The van der Waals surface area contributed by atoms with Crippen LogP contribution in [-0.2, 0) is 15.3 Å². The summed E-state index contributed by atoms with van der Waals surface area (Å²) in [6, 6.07) is 17.1. The highest BCUT2D eigenvalue weighted by atomic mass is 32.2. The van der Waals surface area contributed by atoms with Gasteiger partial charge in [0, 0.05) is 0 Å². The molecule has 1 atom stereocenters. The standard InChI is InChI=1S/C13H10O3S/c14-13(11-7-3-1-4-8-11)16-17(15)12-9-5-2-6-10-12/h1-10H. The van der Waals surface area contributed by atoms with Crippen LogP contribution in [0, 0.1) is 0 Å². The van der Waals surface area contributed by atoms with Gasteiger partial charge in [0.2, 0.25) is 11.1 Å². The Bertz CT molecular complexity index is 473. The van der Waals surface area contributed by atoms with Crippen LogP contribution >= 0.6 is 0 Å². The third-order valence-electron chi connectivity index (χ3n) is 2.10. The van der Waals surface area contributed by atoms with E-state index in [-0.39, 0.29) is 0 Å². The van der Waals surface area contributed by atoms with Crippen molar-refractivity contribution in [3.8, 4) is 0 Å². The molecule has 0 aliphatic rings. The van der Waals surface area contributed by atoms with Gasteiger partial charge in [0.05, 0.1) is 10.5 Å². The maximum Gasteiger partial charge on any atom is 0.352 e. The van der Waals surface area contributed by atoms with E-state index >= 15 is 0 Å². The molecule has 3 nitrogen and oxygen atoms in total. The minimum Gasteiger partial charge on any atom is -0.356 e.